The Labute approximate surface area is 166 Å². The summed E-state index contributed by atoms with van der Waals surface area (Å²) in [7, 11) is 0. The highest BCUT2D eigenvalue weighted by molar-refractivity contribution is 5.88. The van der Waals surface area contributed by atoms with Crippen LogP contribution < -0.4 is 10.6 Å². The molecule has 1 aliphatic heterocycles. The van der Waals surface area contributed by atoms with Gasteiger partial charge in [-0.3, -0.25) is 24.2 Å². The van der Waals surface area contributed by atoms with Crippen LogP contribution in [0.15, 0.2) is 43.0 Å². The van der Waals surface area contributed by atoms with Crippen LogP contribution in [0.1, 0.15) is 12.5 Å². The molecule has 0 bridgehead atoms. The minimum Gasteiger partial charge on any atom is -0.352 e. The van der Waals surface area contributed by atoms with Gasteiger partial charge in [-0.05, 0) is 18.9 Å². The van der Waals surface area contributed by atoms with E-state index < -0.39 is 6.04 Å². The van der Waals surface area contributed by atoms with Gasteiger partial charge in [0.25, 0.3) is 0 Å². The van der Waals surface area contributed by atoms with Crippen molar-refractivity contribution < 1.29 is 14.4 Å². The van der Waals surface area contributed by atoms with Crippen LogP contribution in [0, 0.1) is 0 Å². The Morgan fingerprint density at radius 2 is 1.61 bits per heavy atom. The van der Waals surface area contributed by atoms with Crippen molar-refractivity contribution in [2.45, 2.75) is 19.4 Å². The number of benzene rings is 1. The first-order valence-electron chi connectivity index (χ1n) is 9.64. The molecule has 0 saturated carbocycles. The molecule has 1 unspecified atom stereocenters. The van der Waals surface area contributed by atoms with Crippen molar-refractivity contribution in [3.05, 3.63) is 48.6 Å². The van der Waals surface area contributed by atoms with Gasteiger partial charge in [0.2, 0.25) is 11.8 Å². The molecule has 0 aromatic heterocycles. The third kappa shape index (κ3) is 7.62. The average Bonchev–Trinajstić information content (AvgIpc) is 2.68. The lowest BCUT2D eigenvalue weighted by molar-refractivity contribution is -0.128. The quantitative estimate of drug-likeness (QED) is 0.563. The number of Topliss-reactive ketones (excluding diaryl/α,β-unsaturated/α-hetero) is 1. The van der Waals surface area contributed by atoms with Gasteiger partial charge >= 0.3 is 0 Å². The number of nitrogens with zero attached hydrogens (tertiary/aromatic N) is 2. The standard InChI is InChI=1S/C21H30N4O3/c1-3-9-22-20(27)15-24-10-12-25(13-11-24)16-21(28)23-19(17(2)26)14-18-7-5-4-6-8-18/h3-8,19H,1,9-16H2,2H3,(H,22,27)(H,23,28). The van der Waals surface area contributed by atoms with Gasteiger partial charge in [-0.25, -0.2) is 0 Å². The second kappa shape index (κ2) is 11.4. The number of ketones is 1. The van der Waals surface area contributed by atoms with Crippen LogP contribution in [-0.2, 0) is 20.8 Å². The Bertz CT molecular complexity index is 669. The van der Waals surface area contributed by atoms with Crippen LogP contribution in [0.2, 0.25) is 0 Å². The fourth-order valence-electron chi connectivity index (χ4n) is 3.14. The smallest absolute Gasteiger partial charge is 0.234 e. The fraction of sp³-hybridized carbons (Fsp3) is 0.476. The number of hydrogen-bond donors (Lipinski definition) is 2. The molecule has 7 nitrogen and oxygen atoms in total. The van der Waals surface area contributed by atoms with Crippen LogP contribution >= 0.6 is 0 Å². The fourth-order valence-corrected chi connectivity index (χ4v) is 3.14. The zero-order valence-corrected chi connectivity index (χ0v) is 16.5. The molecule has 0 radical (unpaired) electrons. The average molecular weight is 386 g/mol. The van der Waals surface area contributed by atoms with E-state index in [-0.39, 0.29) is 24.1 Å². The predicted octanol–water partition coefficient (Wildman–Crippen LogP) is 0.223. The first-order chi connectivity index (χ1) is 13.5. The first kappa shape index (κ1) is 21.8. The summed E-state index contributed by atoms with van der Waals surface area (Å²) in [5.74, 6) is -0.211. The summed E-state index contributed by atoms with van der Waals surface area (Å²) in [5.41, 5.74) is 1.02. The topological polar surface area (TPSA) is 81.8 Å². The maximum Gasteiger partial charge on any atom is 0.234 e. The Kier molecular flexibility index (Phi) is 8.84. The van der Waals surface area contributed by atoms with E-state index in [1.165, 1.54) is 6.92 Å². The molecule has 0 spiro atoms. The molecule has 2 N–H and O–H groups in total. The summed E-state index contributed by atoms with van der Waals surface area (Å²) >= 11 is 0. The molecule has 2 amide bonds. The minimum atomic E-state index is -0.509. The molecule has 1 aromatic rings. The summed E-state index contributed by atoms with van der Waals surface area (Å²) in [5, 5.41) is 5.63. The summed E-state index contributed by atoms with van der Waals surface area (Å²) in [6.45, 7) is 9.06. The Morgan fingerprint density at radius 1 is 1.04 bits per heavy atom. The van der Waals surface area contributed by atoms with E-state index in [0.717, 1.165) is 18.7 Å². The first-order valence-corrected chi connectivity index (χ1v) is 9.64. The number of carbonyl (C=O) groups excluding carboxylic acids is 3. The molecule has 28 heavy (non-hydrogen) atoms. The monoisotopic (exact) mass is 386 g/mol. The second-order valence-corrected chi connectivity index (χ2v) is 7.07. The number of carbonyl (C=O) groups is 3. The molecular formula is C21H30N4O3. The van der Waals surface area contributed by atoms with Crippen molar-refractivity contribution in [2.24, 2.45) is 0 Å². The van der Waals surface area contributed by atoms with E-state index in [1.807, 2.05) is 35.2 Å². The molecule has 1 fully saturated rings. The molecule has 1 aromatic carbocycles. The van der Waals surface area contributed by atoms with Gasteiger partial charge in [0.1, 0.15) is 0 Å². The van der Waals surface area contributed by atoms with Gasteiger partial charge in [0.15, 0.2) is 5.78 Å². The highest BCUT2D eigenvalue weighted by Gasteiger charge is 2.23. The lowest BCUT2D eigenvalue weighted by Gasteiger charge is -2.34. The molecular weight excluding hydrogens is 356 g/mol. The largest absolute Gasteiger partial charge is 0.352 e. The maximum atomic E-state index is 12.4. The summed E-state index contributed by atoms with van der Waals surface area (Å²) < 4.78 is 0. The molecule has 1 heterocycles. The van der Waals surface area contributed by atoms with Crippen LogP contribution in [0.25, 0.3) is 0 Å². The number of piperazine rings is 1. The molecule has 1 aliphatic rings. The third-order valence-corrected chi connectivity index (χ3v) is 4.75. The second-order valence-electron chi connectivity index (χ2n) is 7.07. The highest BCUT2D eigenvalue weighted by atomic mass is 16.2. The van der Waals surface area contributed by atoms with Crippen molar-refractivity contribution >= 4 is 17.6 Å². The maximum absolute atomic E-state index is 12.4. The van der Waals surface area contributed by atoms with Gasteiger partial charge in [-0.2, -0.15) is 0 Å². The molecule has 1 atom stereocenters. The number of nitrogens with one attached hydrogen (secondary N) is 2. The summed E-state index contributed by atoms with van der Waals surface area (Å²) in [6.07, 6.45) is 2.15. The third-order valence-electron chi connectivity index (χ3n) is 4.75. The van der Waals surface area contributed by atoms with Crippen LogP contribution in [0.5, 0.6) is 0 Å². The number of hydrogen-bond acceptors (Lipinski definition) is 5. The Hall–Kier alpha value is -2.51. The van der Waals surface area contributed by atoms with Crippen LogP contribution in [-0.4, -0.2) is 79.3 Å². The van der Waals surface area contributed by atoms with Gasteiger partial charge < -0.3 is 10.6 Å². The predicted molar refractivity (Wildman–Crippen MR) is 109 cm³/mol. The summed E-state index contributed by atoms with van der Waals surface area (Å²) in [6, 6.07) is 9.16. The summed E-state index contributed by atoms with van der Waals surface area (Å²) in [4.78, 5) is 40.2. The van der Waals surface area contributed by atoms with Gasteiger partial charge in [0, 0.05) is 32.7 Å². The van der Waals surface area contributed by atoms with Crippen molar-refractivity contribution in [1.29, 1.82) is 0 Å². The van der Waals surface area contributed by atoms with Crippen molar-refractivity contribution in [2.75, 3.05) is 45.8 Å². The van der Waals surface area contributed by atoms with Crippen LogP contribution in [0.3, 0.4) is 0 Å². The molecule has 152 valence electrons. The zero-order chi connectivity index (χ0) is 20.4. The van der Waals surface area contributed by atoms with Gasteiger partial charge in [0.05, 0.1) is 19.1 Å². The Morgan fingerprint density at radius 3 is 2.14 bits per heavy atom. The van der Waals surface area contributed by atoms with E-state index in [4.69, 9.17) is 0 Å². The molecule has 7 heteroatoms. The van der Waals surface area contributed by atoms with Crippen molar-refractivity contribution in [1.82, 2.24) is 20.4 Å². The molecule has 1 saturated heterocycles. The normalized spacial score (nSPS) is 16.2. The number of amides is 2. The van der Waals surface area contributed by atoms with Crippen LogP contribution in [0.4, 0.5) is 0 Å². The van der Waals surface area contributed by atoms with Crippen molar-refractivity contribution in [3.8, 4) is 0 Å². The lowest BCUT2D eigenvalue weighted by Crippen LogP contribution is -2.53. The zero-order valence-electron chi connectivity index (χ0n) is 16.5. The molecule has 2 rings (SSSR count). The SMILES string of the molecule is C=CCNC(=O)CN1CCN(CC(=O)NC(Cc2ccccc2)C(C)=O)CC1. The van der Waals surface area contributed by atoms with Crippen molar-refractivity contribution in [3.63, 3.8) is 0 Å². The van der Waals surface area contributed by atoms with E-state index in [1.54, 1.807) is 6.08 Å². The minimum absolute atomic E-state index is 0.0173. The van der Waals surface area contributed by atoms with E-state index in [9.17, 15) is 14.4 Å². The van der Waals surface area contributed by atoms with E-state index in [2.05, 4.69) is 22.1 Å². The lowest BCUT2D eigenvalue weighted by atomic mass is 10.0. The number of rotatable bonds is 10. The Balaban J connectivity index is 1.74. The van der Waals surface area contributed by atoms with Gasteiger partial charge in [-0.15, -0.1) is 6.58 Å². The molecule has 0 aliphatic carbocycles. The van der Waals surface area contributed by atoms with E-state index >= 15 is 0 Å². The van der Waals surface area contributed by atoms with E-state index in [0.29, 0.717) is 32.6 Å². The highest BCUT2D eigenvalue weighted by Crippen LogP contribution is 2.05. The van der Waals surface area contributed by atoms with Gasteiger partial charge in [-0.1, -0.05) is 36.4 Å².